The number of hydrogen-bond acceptors (Lipinski definition) is 8. The SMILES string of the molecule is COC(=O)N(C(=O)N1COC2(C(=O)OC)Cc3cc(C)ccc3C2=N1)c1ccc(OC(F)(F)F)cc1. The standard InChI is InChI=1S/C23H20F3N3O7/c1-13-4-9-17-14(10-13)11-22(19(30)33-2)18(17)27-28(12-35-22)20(31)29(21(32)34-3)15-5-7-16(8-6-15)36-23(24,25)26/h4-10H,11-12H2,1-3H3. The Hall–Kier alpha value is -4.13. The van der Waals surface area contributed by atoms with Crippen LogP contribution >= 0.6 is 0 Å². The molecule has 2 aromatic rings. The number of esters is 1. The van der Waals surface area contributed by atoms with Gasteiger partial charge in [0.1, 0.15) is 18.2 Å². The summed E-state index contributed by atoms with van der Waals surface area (Å²) in [6, 6.07) is 8.38. The van der Waals surface area contributed by atoms with Crippen molar-refractivity contribution in [2.45, 2.75) is 25.3 Å². The second kappa shape index (κ2) is 9.15. The van der Waals surface area contributed by atoms with E-state index >= 15 is 0 Å². The van der Waals surface area contributed by atoms with Gasteiger partial charge in [-0.05, 0) is 36.8 Å². The first-order valence-electron chi connectivity index (χ1n) is 10.5. The number of hydrazone groups is 1. The molecule has 2 aromatic carbocycles. The van der Waals surface area contributed by atoms with E-state index in [0.717, 1.165) is 47.5 Å². The van der Waals surface area contributed by atoms with Crippen molar-refractivity contribution in [3.8, 4) is 5.75 Å². The molecule has 1 aliphatic heterocycles. The highest BCUT2D eigenvalue weighted by atomic mass is 19.4. The molecule has 0 bridgehead atoms. The van der Waals surface area contributed by atoms with Crippen LogP contribution in [0.5, 0.6) is 5.75 Å². The molecular weight excluding hydrogens is 487 g/mol. The molecule has 0 radical (unpaired) electrons. The fourth-order valence-corrected chi connectivity index (χ4v) is 4.03. The van der Waals surface area contributed by atoms with Crippen molar-refractivity contribution in [2.24, 2.45) is 5.10 Å². The number of hydrogen-bond donors (Lipinski definition) is 0. The van der Waals surface area contributed by atoms with E-state index in [2.05, 4.69) is 14.6 Å². The number of fused-ring (bicyclic) bond motifs is 3. The van der Waals surface area contributed by atoms with Crippen LogP contribution in [-0.4, -0.2) is 61.7 Å². The van der Waals surface area contributed by atoms with Gasteiger partial charge in [0, 0.05) is 12.0 Å². The number of carbonyl (C=O) groups excluding carboxylic acids is 3. The Labute approximate surface area is 202 Å². The van der Waals surface area contributed by atoms with Crippen molar-refractivity contribution < 1.29 is 46.5 Å². The van der Waals surface area contributed by atoms with Crippen LogP contribution < -0.4 is 9.64 Å². The van der Waals surface area contributed by atoms with Crippen LogP contribution in [0.2, 0.25) is 0 Å². The number of imide groups is 1. The number of anilines is 1. The smallest absolute Gasteiger partial charge is 0.467 e. The van der Waals surface area contributed by atoms with Crippen LogP contribution in [-0.2, 0) is 25.4 Å². The van der Waals surface area contributed by atoms with Gasteiger partial charge in [-0.2, -0.15) is 15.0 Å². The van der Waals surface area contributed by atoms with E-state index in [1.54, 1.807) is 12.1 Å². The van der Waals surface area contributed by atoms with E-state index in [0.29, 0.717) is 10.5 Å². The Morgan fingerprint density at radius 2 is 1.78 bits per heavy atom. The summed E-state index contributed by atoms with van der Waals surface area (Å²) in [6.45, 7) is 1.36. The highest BCUT2D eigenvalue weighted by Gasteiger charge is 2.55. The Morgan fingerprint density at radius 3 is 2.39 bits per heavy atom. The van der Waals surface area contributed by atoms with Crippen LogP contribution in [0, 0.1) is 6.92 Å². The maximum Gasteiger partial charge on any atom is 0.573 e. The summed E-state index contributed by atoms with van der Waals surface area (Å²) < 4.78 is 56.7. The lowest BCUT2D eigenvalue weighted by molar-refractivity contribution is -0.274. The van der Waals surface area contributed by atoms with Gasteiger partial charge in [0.25, 0.3) is 0 Å². The number of benzene rings is 2. The lowest BCUT2D eigenvalue weighted by atomic mass is 9.97. The van der Waals surface area contributed by atoms with Crippen molar-refractivity contribution in [2.75, 3.05) is 25.9 Å². The molecule has 0 aromatic heterocycles. The molecule has 0 fully saturated rings. The van der Waals surface area contributed by atoms with E-state index in [9.17, 15) is 27.6 Å². The third-order valence-corrected chi connectivity index (χ3v) is 5.60. The molecule has 4 rings (SSSR count). The second-order valence-corrected chi connectivity index (χ2v) is 7.91. The molecule has 36 heavy (non-hydrogen) atoms. The van der Waals surface area contributed by atoms with Crippen molar-refractivity contribution in [1.29, 1.82) is 0 Å². The summed E-state index contributed by atoms with van der Waals surface area (Å²) in [5, 5.41) is 5.14. The monoisotopic (exact) mass is 507 g/mol. The van der Waals surface area contributed by atoms with Gasteiger partial charge in [-0.25, -0.2) is 14.4 Å². The zero-order chi connectivity index (χ0) is 26.3. The van der Waals surface area contributed by atoms with Crippen LogP contribution in [0.4, 0.5) is 28.4 Å². The van der Waals surface area contributed by atoms with Gasteiger partial charge in [0.15, 0.2) is 0 Å². The van der Waals surface area contributed by atoms with Gasteiger partial charge in [-0.1, -0.05) is 23.8 Å². The number of nitrogens with zero attached hydrogens (tertiary/aromatic N) is 3. The third kappa shape index (κ3) is 4.44. The number of ether oxygens (including phenoxy) is 4. The summed E-state index contributed by atoms with van der Waals surface area (Å²) in [6.07, 6.45) is -5.90. The molecule has 0 N–H and O–H groups in total. The maximum atomic E-state index is 13.3. The number of carbonyl (C=O) groups is 3. The predicted octanol–water partition coefficient (Wildman–Crippen LogP) is 3.75. The number of methoxy groups -OCH3 is 2. The molecule has 190 valence electrons. The zero-order valence-electron chi connectivity index (χ0n) is 19.3. The second-order valence-electron chi connectivity index (χ2n) is 7.91. The molecular formula is C23H20F3N3O7. The molecule has 0 spiro atoms. The van der Waals surface area contributed by atoms with E-state index in [1.807, 2.05) is 13.0 Å². The van der Waals surface area contributed by atoms with E-state index in [4.69, 9.17) is 9.47 Å². The fourth-order valence-electron chi connectivity index (χ4n) is 4.03. The largest absolute Gasteiger partial charge is 0.573 e. The van der Waals surface area contributed by atoms with Gasteiger partial charge in [-0.15, -0.1) is 13.2 Å². The average molecular weight is 507 g/mol. The minimum Gasteiger partial charge on any atom is -0.467 e. The molecule has 1 unspecified atom stereocenters. The third-order valence-electron chi connectivity index (χ3n) is 5.60. The predicted molar refractivity (Wildman–Crippen MR) is 117 cm³/mol. The number of halogens is 3. The van der Waals surface area contributed by atoms with Gasteiger partial charge in [-0.3, -0.25) is 0 Å². The molecule has 1 aliphatic carbocycles. The van der Waals surface area contributed by atoms with Gasteiger partial charge < -0.3 is 18.9 Å². The molecule has 0 saturated heterocycles. The maximum absolute atomic E-state index is 13.3. The first-order chi connectivity index (χ1) is 17.0. The first-order valence-corrected chi connectivity index (χ1v) is 10.5. The molecule has 0 saturated carbocycles. The van der Waals surface area contributed by atoms with Crippen molar-refractivity contribution in [3.05, 3.63) is 59.2 Å². The van der Waals surface area contributed by atoms with Gasteiger partial charge >= 0.3 is 24.5 Å². The van der Waals surface area contributed by atoms with Crippen LogP contribution in [0.1, 0.15) is 16.7 Å². The van der Waals surface area contributed by atoms with E-state index in [-0.39, 0.29) is 17.8 Å². The molecule has 1 atom stereocenters. The Morgan fingerprint density at radius 1 is 1.08 bits per heavy atom. The van der Waals surface area contributed by atoms with Crippen LogP contribution in [0.25, 0.3) is 0 Å². The topological polar surface area (TPSA) is 107 Å². The molecule has 3 amide bonds. The molecule has 13 heteroatoms. The normalized spacial score (nSPS) is 18.5. The number of rotatable bonds is 3. The van der Waals surface area contributed by atoms with Crippen molar-refractivity contribution in [1.82, 2.24) is 5.01 Å². The summed E-state index contributed by atoms with van der Waals surface area (Å²) in [5.41, 5.74) is 0.710. The van der Waals surface area contributed by atoms with Crippen molar-refractivity contribution >= 4 is 29.5 Å². The fraction of sp³-hybridized carbons (Fsp3) is 0.304. The minimum atomic E-state index is -4.91. The number of urea groups is 1. The van der Waals surface area contributed by atoms with E-state index in [1.165, 1.54) is 7.11 Å². The Bertz CT molecular complexity index is 1250. The molecule has 10 nitrogen and oxygen atoms in total. The quantitative estimate of drug-likeness (QED) is 0.583. The van der Waals surface area contributed by atoms with Crippen LogP contribution in [0.15, 0.2) is 47.6 Å². The average Bonchev–Trinajstić information content (AvgIpc) is 3.17. The lowest BCUT2D eigenvalue weighted by Crippen LogP contribution is -2.56. The van der Waals surface area contributed by atoms with Gasteiger partial charge in [0.05, 0.1) is 19.9 Å². The van der Waals surface area contributed by atoms with E-state index < -0.39 is 42.5 Å². The highest BCUT2D eigenvalue weighted by Crippen LogP contribution is 2.38. The highest BCUT2D eigenvalue weighted by molar-refractivity contribution is 6.22. The van der Waals surface area contributed by atoms with Crippen LogP contribution in [0.3, 0.4) is 0 Å². The summed E-state index contributed by atoms with van der Waals surface area (Å²) >= 11 is 0. The Balaban J connectivity index is 1.70. The molecule has 2 aliphatic rings. The number of alkyl halides is 3. The first kappa shape index (κ1) is 25.0. The minimum absolute atomic E-state index is 0.117. The lowest BCUT2D eigenvalue weighted by Gasteiger charge is -2.35. The van der Waals surface area contributed by atoms with Crippen molar-refractivity contribution in [3.63, 3.8) is 0 Å². The summed E-state index contributed by atoms with van der Waals surface area (Å²) in [5.74, 6) is -1.25. The summed E-state index contributed by atoms with van der Waals surface area (Å²) in [7, 11) is 2.23. The summed E-state index contributed by atoms with van der Waals surface area (Å²) in [4.78, 5) is 39.1. The molecule has 1 heterocycles. The number of amides is 3. The zero-order valence-corrected chi connectivity index (χ0v) is 19.3. The number of aryl methyl sites for hydroxylation is 1. The Kier molecular flexibility index (Phi) is 6.35. The van der Waals surface area contributed by atoms with Gasteiger partial charge in [0.2, 0.25) is 5.60 Å².